The smallest absolute Gasteiger partial charge is 0.416 e. The summed E-state index contributed by atoms with van der Waals surface area (Å²) in [6.45, 7) is 0.759. The van der Waals surface area contributed by atoms with E-state index in [0.717, 1.165) is 23.3 Å². The second kappa shape index (κ2) is 7.97. The summed E-state index contributed by atoms with van der Waals surface area (Å²) >= 11 is 0. The van der Waals surface area contributed by atoms with E-state index in [1.54, 1.807) is 4.90 Å². The van der Waals surface area contributed by atoms with Crippen LogP contribution >= 0.6 is 0 Å². The van der Waals surface area contributed by atoms with E-state index >= 15 is 0 Å². The van der Waals surface area contributed by atoms with Gasteiger partial charge in [-0.1, -0.05) is 53.7 Å². The van der Waals surface area contributed by atoms with Gasteiger partial charge >= 0.3 is 6.18 Å². The molecule has 0 spiro atoms. The molecule has 0 saturated carbocycles. The molecule has 1 fully saturated rings. The Labute approximate surface area is 197 Å². The van der Waals surface area contributed by atoms with E-state index in [9.17, 15) is 18.0 Å². The zero-order chi connectivity index (χ0) is 24.2. The van der Waals surface area contributed by atoms with Gasteiger partial charge in [-0.25, -0.2) is 0 Å². The number of fused-ring (bicyclic) bond motifs is 2. The number of para-hydroxylation sites is 2. The first-order valence-corrected chi connectivity index (χ1v) is 11.0. The SMILES string of the molecule is O=C(C1c2ccccc2Oc2ccccc21)N1CC(c2nc(-c3cccc(C(F)(F)F)c3)no2)C1. The number of alkyl halides is 3. The summed E-state index contributed by atoms with van der Waals surface area (Å²) in [5.74, 6) is 0.977. The van der Waals surface area contributed by atoms with Crippen LogP contribution in [0.25, 0.3) is 11.4 Å². The average molecular weight is 477 g/mol. The molecule has 1 aromatic heterocycles. The molecule has 4 aromatic rings. The maximum Gasteiger partial charge on any atom is 0.416 e. The Kier molecular flexibility index (Phi) is 4.87. The van der Waals surface area contributed by atoms with Crippen molar-refractivity contribution < 1.29 is 27.2 Å². The number of likely N-dealkylation sites (tertiary alicyclic amines) is 1. The van der Waals surface area contributed by atoms with Crippen molar-refractivity contribution in [1.29, 1.82) is 0 Å². The molecule has 6 rings (SSSR count). The van der Waals surface area contributed by atoms with E-state index in [-0.39, 0.29) is 23.2 Å². The predicted octanol–water partition coefficient (Wildman–Crippen LogP) is 5.62. The first-order valence-electron chi connectivity index (χ1n) is 11.0. The van der Waals surface area contributed by atoms with E-state index in [1.807, 2.05) is 48.5 Å². The molecule has 2 aliphatic rings. The van der Waals surface area contributed by atoms with Crippen LogP contribution in [-0.2, 0) is 11.0 Å². The van der Waals surface area contributed by atoms with Crippen molar-refractivity contribution in [1.82, 2.24) is 15.0 Å². The zero-order valence-corrected chi connectivity index (χ0v) is 18.2. The van der Waals surface area contributed by atoms with Crippen molar-refractivity contribution >= 4 is 5.91 Å². The number of nitrogens with zero attached hydrogens (tertiary/aromatic N) is 3. The number of benzene rings is 3. The van der Waals surface area contributed by atoms with Crippen LogP contribution < -0.4 is 4.74 Å². The highest BCUT2D eigenvalue weighted by atomic mass is 19.4. The Hall–Kier alpha value is -4.14. The number of hydrogen-bond donors (Lipinski definition) is 0. The second-order valence-corrected chi connectivity index (χ2v) is 8.59. The van der Waals surface area contributed by atoms with E-state index < -0.39 is 17.7 Å². The standard InChI is InChI=1S/C26H18F3N3O3/c27-26(28,29)17-7-5-6-15(12-17)23-30-24(35-31-23)16-13-32(14-16)25(33)22-18-8-1-3-10-20(18)34-21-11-4-2-9-19(21)22/h1-12,16,22H,13-14H2. The summed E-state index contributed by atoms with van der Waals surface area (Å²) in [5, 5.41) is 3.86. The third-order valence-electron chi connectivity index (χ3n) is 6.36. The predicted molar refractivity (Wildman–Crippen MR) is 119 cm³/mol. The number of hydrogen-bond acceptors (Lipinski definition) is 5. The highest BCUT2D eigenvalue weighted by molar-refractivity contribution is 5.90. The van der Waals surface area contributed by atoms with Gasteiger partial charge in [0.25, 0.3) is 0 Å². The first kappa shape index (κ1) is 21.4. The van der Waals surface area contributed by atoms with Gasteiger partial charge in [0.15, 0.2) is 0 Å². The molecule has 0 radical (unpaired) electrons. The topological polar surface area (TPSA) is 68.5 Å². The fourth-order valence-electron chi connectivity index (χ4n) is 4.53. The van der Waals surface area contributed by atoms with Gasteiger partial charge in [-0.05, 0) is 24.3 Å². The molecule has 0 unspecified atom stereocenters. The van der Waals surface area contributed by atoms with Crippen molar-refractivity contribution in [2.24, 2.45) is 0 Å². The minimum absolute atomic E-state index is 0.0536. The van der Waals surface area contributed by atoms with Crippen molar-refractivity contribution in [3.05, 3.63) is 95.4 Å². The van der Waals surface area contributed by atoms with Gasteiger partial charge < -0.3 is 14.2 Å². The lowest BCUT2D eigenvalue weighted by atomic mass is 9.85. The summed E-state index contributed by atoms with van der Waals surface area (Å²) in [6, 6.07) is 19.8. The monoisotopic (exact) mass is 477 g/mol. The minimum Gasteiger partial charge on any atom is -0.457 e. The van der Waals surface area contributed by atoms with Gasteiger partial charge in [-0.15, -0.1) is 0 Å². The molecule has 2 aliphatic heterocycles. The molecule has 0 atom stereocenters. The highest BCUT2D eigenvalue weighted by Crippen LogP contribution is 2.45. The lowest BCUT2D eigenvalue weighted by molar-refractivity contribution is -0.138. The zero-order valence-electron chi connectivity index (χ0n) is 18.2. The number of carbonyl (C=O) groups is 1. The highest BCUT2D eigenvalue weighted by Gasteiger charge is 2.42. The fourth-order valence-corrected chi connectivity index (χ4v) is 4.53. The third kappa shape index (κ3) is 3.73. The van der Waals surface area contributed by atoms with Crippen LogP contribution in [0.3, 0.4) is 0 Å². The third-order valence-corrected chi connectivity index (χ3v) is 6.36. The Morgan fingerprint density at radius 2 is 1.57 bits per heavy atom. The number of amides is 1. The first-order chi connectivity index (χ1) is 16.9. The molecular weight excluding hydrogens is 459 g/mol. The molecule has 1 saturated heterocycles. The molecule has 6 nitrogen and oxygen atoms in total. The molecule has 9 heteroatoms. The average Bonchev–Trinajstić information content (AvgIpc) is 3.31. The molecule has 0 N–H and O–H groups in total. The van der Waals surface area contributed by atoms with Gasteiger partial charge in [0.05, 0.1) is 17.4 Å². The quantitative estimate of drug-likeness (QED) is 0.383. The number of halogens is 3. The van der Waals surface area contributed by atoms with Gasteiger partial charge in [-0.2, -0.15) is 18.2 Å². The van der Waals surface area contributed by atoms with Gasteiger partial charge in [0.2, 0.25) is 17.6 Å². The maximum atomic E-state index is 13.5. The summed E-state index contributed by atoms with van der Waals surface area (Å²) in [7, 11) is 0. The van der Waals surface area contributed by atoms with Gasteiger partial charge in [-0.3, -0.25) is 4.79 Å². The summed E-state index contributed by atoms with van der Waals surface area (Å²) in [6.07, 6.45) is -4.46. The summed E-state index contributed by atoms with van der Waals surface area (Å²) in [5.41, 5.74) is 1.06. The molecule has 3 heterocycles. The van der Waals surface area contributed by atoms with Crippen LogP contribution in [0.2, 0.25) is 0 Å². The molecule has 3 aromatic carbocycles. The number of ether oxygens (including phenoxy) is 1. The Morgan fingerprint density at radius 3 is 2.23 bits per heavy atom. The van der Waals surface area contributed by atoms with Crippen LogP contribution in [0.5, 0.6) is 11.5 Å². The number of carbonyl (C=O) groups excluding carboxylic acids is 1. The minimum atomic E-state index is -4.46. The van der Waals surface area contributed by atoms with E-state index in [0.29, 0.717) is 30.5 Å². The fraction of sp³-hybridized carbons (Fsp3) is 0.192. The van der Waals surface area contributed by atoms with Crippen LogP contribution in [0.15, 0.2) is 77.3 Å². The normalized spacial score (nSPS) is 15.7. The van der Waals surface area contributed by atoms with Crippen molar-refractivity contribution in [2.45, 2.75) is 18.0 Å². The van der Waals surface area contributed by atoms with Crippen LogP contribution in [0, 0.1) is 0 Å². The molecular formula is C26H18F3N3O3. The largest absolute Gasteiger partial charge is 0.457 e. The summed E-state index contributed by atoms with van der Waals surface area (Å²) < 4.78 is 50.4. The Morgan fingerprint density at radius 1 is 0.914 bits per heavy atom. The van der Waals surface area contributed by atoms with Crippen molar-refractivity contribution in [2.75, 3.05) is 13.1 Å². The maximum absolute atomic E-state index is 13.5. The van der Waals surface area contributed by atoms with E-state index in [1.165, 1.54) is 12.1 Å². The second-order valence-electron chi connectivity index (χ2n) is 8.59. The lowest BCUT2D eigenvalue weighted by Crippen LogP contribution is -2.50. The van der Waals surface area contributed by atoms with E-state index in [4.69, 9.17) is 9.26 Å². The van der Waals surface area contributed by atoms with Crippen LogP contribution in [-0.4, -0.2) is 34.0 Å². The van der Waals surface area contributed by atoms with Gasteiger partial charge in [0, 0.05) is 29.8 Å². The number of rotatable bonds is 3. The molecule has 0 aliphatic carbocycles. The summed E-state index contributed by atoms with van der Waals surface area (Å²) in [4.78, 5) is 19.6. The molecule has 1 amide bonds. The van der Waals surface area contributed by atoms with Crippen molar-refractivity contribution in [3.63, 3.8) is 0 Å². The van der Waals surface area contributed by atoms with Crippen LogP contribution in [0.1, 0.15) is 34.4 Å². The van der Waals surface area contributed by atoms with Crippen LogP contribution in [0.4, 0.5) is 13.2 Å². The molecule has 0 bridgehead atoms. The van der Waals surface area contributed by atoms with E-state index in [2.05, 4.69) is 10.1 Å². The lowest BCUT2D eigenvalue weighted by Gasteiger charge is -2.40. The number of aromatic nitrogens is 2. The Bertz CT molecular complexity index is 1380. The Balaban J connectivity index is 1.20. The molecule has 35 heavy (non-hydrogen) atoms. The van der Waals surface area contributed by atoms with Crippen molar-refractivity contribution in [3.8, 4) is 22.9 Å². The molecule has 176 valence electrons. The van der Waals surface area contributed by atoms with Gasteiger partial charge in [0.1, 0.15) is 11.5 Å².